The van der Waals surface area contributed by atoms with E-state index in [2.05, 4.69) is 24.0 Å². The maximum absolute atomic E-state index is 13.2. The van der Waals surface area contributed by atoms with E-state index in [1.807, 2.05) is 17.7 Å². The normalized spacial score (nSPS) is 18.5. The van der Waals surface area contributed by atoms with E-state index < -0.39 is 21.8 Å². The Labute approximate surface area is 184 Å². The molecule has 0 spiro atoms. The van der Waals surface area contributed by atoms with Crippen LogP contribution in [-0.2, 0) is 28.3 Å². The number of benzene rings is 2. The minimum absolute atomic E-state index is 0.0292. The highest BCUT2D eigenvalue weighted by molar-refractivity contribution is 7.89. The number of amides is 1. The topological polar surface area (TPSA) is 71.7 Å². The van der Waals surface area contributed by atoms with Crippen LogP contribution < -0.4 is 4.80 Å². The first-order valence-corrected chi connectivity index (χ1v) is 12.5. The van der Waals surface area contributed by atoms with Crippen molar-refractivity contribution in [3.8, 4) is 0 Å². The average Bonchev–Trinajstić information content (AvgIpc) is 3.08. The van der Waals surface area contributed by atoms with Gasteiger partial charge in [-0.1, -0.05) is 24.3 Å². The number of sulfonamides is 1. The van der Waals surface area contributed by atoms with Crippen molar-refractivity contribution in [1.29, 1.82) is 0 Å². The Bertz CT molecular complexity index is 1290. The molecule has 1 atom stereocenters. The van der Waals surface area contributed by atoms with Crippen LogP contribution in [0.1, 0.15) is 25.3 Å². The summed E-state index contributed by atoms with van der Waals surface area (Å²) in [5.41, 5.74) is 2.24. The second kappa shape index (κ2) is 8.64. The molecule has 1 fully saturated rings. The number of piperidine rings is 1. The molecule has 1 unspecified atom stereocenters. The Morgan fingerprint density at radius 1 is 1.23 bits per heavy atom. The summed E-state index contributed by atoms with van der Waals surface area (Å²) in [6.45, 7) is 2.51. The van der Waals surface area contributed by atoms with Gasteiger partial charge in [-0.15, -0.1) is 0 Å². The second-order valence-corrected chi connectivity index (χ2v) is 10.7. The van der Waals surface area contributed by atoms with E-state index in [1.54, 1.807) is 0 Å². The monoisotopic (exact) mass is 461 g/mol. The highest BCUT2D eigenvalue weighted by Gasteiger charge is 2.33. The third-order valence-electron chi connectivity index (χ3n) is 5.67. The number of hydrogen-bond donors (Lipinski definition) is 0. The standard InChI is InChI=1S/C22H24FN3O3S2/c1-3-15-6-11-19-20(13-15)30-22(25(19)2)24-21(27)16-5-4-12-26(14-16)31(28,29)18-9-7-17(23)8-10-18/h6-11,13,16H,3-5,12,14H2,1-2H3. The van der Waals surface area contributed by atoms with Gasteiger partial charge in [-0.25, -0.2) is 12.8 Å². The summed E-state index contributed by atoms with van der Waals surface area (Å²) in [6, 6.07) is 11.0. The largest absolute Gasteiger partial charge is 0.319 e. The number of fused-ring (bicyclic) bond motifs is 1. The second-order valence-electron chi connectivity index (χ2n) is 7.71. The molecule has 3 aromatic rings. The zero-order chi connectivity index (χ0) is 22.2. The zero-order valence-electron chi connectivity index (χ0n) is 17.4. The Hall–Kier alpha value is -2.36. The zero-order valence-corrected chi connectivity index (χ0v) is 19.0. The Balaban J connectivity index is 1.59. The highest BCUT2D eigenvalue weighted by atomic mass is 32.2. The first kappa shape index (κ1) is 21.9. The van der Waals surface area contributed by atoms with E-state index in [9.17, 15) is 17.6 Å². The molecule has 0 N–H and O–H groups in total. The van der Waals surface area contributed by atoms with Crippen molar-refractivity contribution in [3.63, 3.8) is 0 Å². The van der Waals surface area contributed by atoms with Crippen LogP contribution >= 0.6 is 11.3 Å². The lowest BCUT2D eigenvalue weighted by Crippen LogP contribution is -2.42. The number of hydrogen-bond acceptors (Lipinski definition) is 4. The highest BCUT2D eigenvalue weighted by Crippen LogP contribution is 2.25. The summed E-state index contributed by atoms with van der Waals surface area (Å²) in [6.07, 6.45) is 2.10. The van der Waals surface area contributed by atoms with Crippen molar-refractivity contribution in [3.05, 3.63) is 58.6 Å². The van der Waals surface area contributed by atoms with Gasteiger partial charge in [-0.3, -0.25) is 4.79 Å². The fraction of sp³-hybridized carbons (Fsp3) is 0.364. The van der Waals surface area contributed by atoms with E-state index >= 15 is 0 Å². The van der Waals surface area contributed by atoms with Gasteiger partial charge in [0.15, 0.2) is 4.80 Å². The van der Waals surface area contributed by atoms with E-state index in [-0.39, 0.29) is 17.3 Å². The Morgan fingerprint density at radius 2 is 1.97 bits per heavy atom. The predicted molar refractivity (Wildman–Crippen MR) is 119 cm³/mol. The summed E-state index contributed by atoms with van der Waals surface area (Å²) in [4.78, 5) is 17.9. The summed E-state index contributed by atoms with van der Waals surface area (Å²) >= 11 is 1.46. The maximum atomic E-state index is 13.2. The molecule has 1 aliphatic heterocycles. The van der Waals surface area contributed by atoms with E-state index in [1.165, 1.54) is 33.3 Å². The summed E-state index contributed by atoms with van der Waals surface area (Å²) in [5.74, 6) is -1.30. The SMILES string of the molecule is CCc1ccc2c(c1)sc(=NC(=O)C1CCCN(S(=O)(=O)c3ccc(F)cc3)C1)n2C. The fourth-order valence-electron chi connectivity index (χ4n) is 3.81. The molecule has 1 aromatic heterocycles. The third kappa shape index (κ3) is 4.35. The van der Waals surface area contributed by atoms with Gasteiger partial charge < -0.3 is 4.57 Å². The Kier molecular flexibility index (Phi) is 6.09. The maximum Gasteiger partial charge on any atom is 0.252 e. The molecule has 0 bridgehead atoms. The quantitative estimate of drug-likeness (QED) is 0.597. The van der Waals surface area contributed by atoms with Gasteiger partial charge in [0.25, 0.3) is 5.91 Å². The lowest BCUT2D eigenvalue weighted by molar-refractivity contribution is -0.122. The molecule has 1 aliphatic rings. The number of thiazole rings is 1. The fourth-order valence-corrected chi connectivity index (χ4v) is 6.42. The van der Waals surface area contributed by atoms with Crippen molar-refractivity contribution >= 4 is 37.5 Å². The predicted octanol–water partition coefficient (Wildman–Crippen LogP) is 3.47. The molecule has 9 heteroatoms. The van der Waals surface area contributed by atoms with Gasteiger partial charge in [-0.05, 0) is 61.2 Å². The van der Waals surface area contributed by atoms with Crippen molar-refractivity contribution in [2.75, 3.05) is 13.1 Å². The van der Waals surface area contributed by atoms with Crippen LogP contribution in [0.25, 0.3) is 10.2 Å². The first-order chi connectivity index (χ1) is 14.8. The smallest absolute Gasteiger partial charge is 0.252 e. The number of halogens is 1. The van der Waals surface area contributed by atoms with E-state index in [0.717, 1.165) is 28.8 Å². The molecule has 1 amide bonds. The number of aromatic nitrogens is 1. The van der Waals surface area contributed by atoms with Crippen LogP contribution in [-0.4, -0.2) is 36.3 Å². The minimum atomic E-state index is -3.78. The first-order valence-electron chi connectivity index (χ1n) is 10.2. The van der Waals surface area contributed by atoms with E-state index in [4.69, 9.17) is 0 Å². The van der Waals surface area contributed by atoms with Gasteiger partial charge in [0.05, 0.1) is 21.0 Å². The summed E-state index contributed by atoms with van der Waals surface area (Å²) < 4.78 is 43.3. The summed E-state index contributed by atoms with van der Waals surface area (Å²) in [5, 5.41) is 0. The van der Waals surface area contributed by atoms with Crippen molar-refractivity contribution < 1.29 is 17.6 Å². The molecular formula is C22H24FN3O3S2. The van der Waals surface area contributed by atoms with Crippen LogP contribution in [0.4, 0.5) is 4.39 Å². The number of nitrogens with zero attached hydrogens (tertiary/aromatic N) is 3. The molecule has 2 aromatic carbocycles. The molecule has 6 nitrogen and oxygen atoms in total. The molecule has 0 saturated carbocycles. The van der Waals surface area contributed by atoms with Gasteiger partial charge in [0, 0.05) is 20.1 Å². The van der Waals surface area contributed by atoms with Crippen molar-refractivity contribution in [1.82, 2.24) is 8.87 Å². The molecule has 0 aliphatic carbocycles. The lowest BCUT2D eigenvalue weighted by atomic mass is 9.99. The molecule has 0 radical (unpaired) electrons. The number of aryl methyl sites for hydroxylation is 2. The van der Waals surface area contributed by atoms with Crippen LogP contribution in [0.3, 0.4) is 0 Å². The van der Waals surface area contributed by atoms with Gasteiger partial charge >= 0.3 is 0 Å². The van der Waals surface area contributed by atoms with Crippen molar-refractivity contribution in [2.45, 2.75) is 31.1 Å². The van der Waals surface area contributed by atoms with Crippen LogP contribution in [0, 0.1) is 11.7 Å². The molecule has 2 heterocycles. The van der Waals surface area contributed by atoms with Crippen LogP contribution in [0.5, 0.6) is 0 Å². The third-order valence-corrected chi connectivity index (χ3v) is 8.65. The molecule has 31 heavy (non-hydrogen) atoms. The van der Waals surface area contributed by atoms with E-state index in [0.29, 0.717) is 24.2 Å². The molecule has 4 rings (SSSR count). The number of carbonyl (C=O) groups excluding carboxylic acids is 1. The van der Waals surface area contributed by atoms with Gasteiger partial charge in [-0.2, -0.15) is 9.30 Å². The van der Waals surface area contributed by atoms with Crippen LogP contribution in [0.15, 0.2) is 52.4 Å². The molecular weight excluding hydrogens is 437 g/mol. The molecule has 164 valence electrons. The minimum Gasteiger partial charge on any atom is -0.319 e. The number of carbonyl (C=O) groups is 1. The summed E-state index contributed by atoms with van der Waals surface area (Å²) in [7, 11) is -1.91. The van der Waals surface area contributed by atoms with Crippen LogP contribution in [0.2, 0.25) is 0 Å². The van der Waals surface area contributed by atoms with Crippen molar-refractivity contribution in [2.24, 2.45) is 18.0 Å². The lowest BCUT2D eigenvalue weighted by Gasteiger charge is -2.30. The average molecular weight is 462 g/mol. The number of rotatable bonds is 4. The Morgan fingerprint density at radius 3 is 2.68 bits per heavy atom. The van der Waals surface area contributed by atoms with Gasteiger partial charge in [0.1, 0.15) is 5.82 Å². The van der Waals surface area contributed by atoms with Gasteiger partial charge in [0.2, 0.25) is 10.0 Å². The molecule has 1 saturated heterocycles.